The molecule has 0 aliphatic carbocycles. The molecule has 2 heterocycles. The third-order valence-corrected chi connectivity index (χ3v) is 4.64. The number of hydrogen-bond donors (Lipinski definition) is 0. The SMILES string of the molecule is Cn1ccn2c(=O)c(-c3ccc4cc5ccccc5cc4c3)nc-2c1. The minimum absolute atomic E-state index is 0.0873. The number of fused-ring (bicyclic) bond motifs is 3. The monoisotopic (exact) mass is 325 g/mol. The predicted octanol–water partition coefficient (Wildman–Crippen LogP) is 3.98. The van der Waals surface area contributed by atoms with Crippen LogP contribution in [0.2, 0.25) is 0 Å². The van der Waals surface area contributed by atoms with Crippen molar-refractivity contribution < 1.29 is 0 Å². The molecule has 0 spiro atoms. The highest BCUT2D eigenvalue weighted by molar-refractivity contribution is 5.99. The van der Waals surface area contributed by atoms with Crippen molar-refractivity contribution in [3.63, 3.8) is 0 Å². The topological polar surface area (TPSA) is 39.8 Å². The summed E-state index contributed by atoms with van der Waals surface area (Å²) in [6.07, 6.45) is 5.44. The maximum atomic E-state index is 12.7. The largest absolute Gasteiger partial charge is 0.352 e. The van der Waals surface area contributed by atoms with Gasteiger partial charge in [-0.05, 0) is 39.7 Å². The first kappa shape index (κ1) is 14.0. The second-order valence-corrected chi connectivity index (χ2v) is 6.35. The average molecular weight is 325 g/mol. The van der Waals surface area contributed by atoms with E-state index in [1.54, 1.807) is 10.8 Å². The smallest absolute Gasteiger partial charge is 0.282 e. The van der Waals surface area contributed by atoms with Crippen molar-refractivity contribution >= 4 is 21.5 Å². The summed E-state index contributed by atoms with van der Waals surface area (Å²) in [6.45, 7) is 0. The molecule has 3 aromatic rings. The normalized spacial score (nSPS) is 11.6. The van der Waals surface area contributed by atoms with E-state index in [1.165, 1.54) is 10.8 Å². The van der Waals surface area contributed by atoms with Gasteiger partial charge in [0.05, 0.1) is 0 Å². The molecule has 0 amide bonds. The van der Waals surface area contributed by atoms with Gasteiger partial charge in [0.2, 0.25) is 0 Å². The van der Waals surface area contributed by atoms with Gasteiger partial charge in [-0.3, -0.25) is 9.36 Å². The molecule has 0 radical (unpaired) electrons. The Bertz CT molecular complexity index is 1280. The van der Waals surface area contributed by atoms with E-state index >= 15 is 0 Å². The number of benzene rings is 3. The van der Waals surface area contributed by atoms with Crippen LogP contribution in [-0.4, -0.2) is 14.1 Å². The van der Waals surface area contributed by atoms with E-state index in [2.05, 4.69) is 35.3 Å². The molecule has 4 nitrogen and oxygen atoms in total. The molecule has 0 N–H and O–H groups in total. The van der Waals surface area contributed by atoms with Crippen LogP contribution in [0.5, 0.6) is 0 Å². The highest BCUT2D eigenvalue weighted by Crippen LogP contribution is 2.27. The summed E-state index contributed by atoms with van der Waals surface area (Å²) >= 11 is 0. The Hall–Kier alpha value is -3.40. The standard InChI is InChI=1S/C21H15N3O/c1-23-8-9-24-19(13-23)22-20(21(24)25)17-7-6-16-10-14-4-2-3-5-15(14)11-18(16)12-17/h2-13H,1H3. The molecule has 5 rings (SSSR count). The third-order valence-electron chi connectivity index (χ3n) is 4.64. The number of imidazole rings is 1. The van der Waals surface area contributed by atoms with Crippen LogP contribution in [0.1, 0.15) is 0 Å². The van der Waals surface area contributed by atoms with Crippen molar-refractivity contribution in [2.24, 2.45) is 7.05 Å². The molecule has 120 valence electrons. The van der Waals surface area contributed by atoms with Crippen LogP contribution < -0.4 is 5.56 Å². The van der Waals surface area contributed by atoms with Gasteiger partial charge < -0.3 is 4.57 Å². The highest BCUT2D eigenvalue weighted by atomic mass is 16.1. The van der Waals surface area contributed by atoms with Gasteiger partial charge in [-0.25, -0.2) is 4.98 Å². The molecular formula is C21H15N3O. The summed E-state index contributed by atoms with van der Waals surface area (Å²) in [5.41, 5.74) is 1.25. The predicted molar refractivity (Wildman–Crippen MR) is 100 cm³/mol. The molecule has 0 atom stereocenters. The van der Waals surface area contributed by atoms with Crippen molar-refractivity contribution in [2.45, 2.75) is 0 Å². The lowest BCUT2D eigenvalue weighted by atomic mass is 10.0. The van der Waals surface area contributed by atoms with Gasteiger partial charge in [0.1, 0.15) is 5.69 Å². The van der Waals surface area contributed by atoms with E-state index < -0.39 is 0 Å². The Morgan fingerprint density at radius 2 is 1.56 bits per heavy atom. The fourth-order valence-electron chi connectivity index (χ4n) is 3.34. The molecule has 25 heavy (non-hydrogen) atoms. The molecule has 2 aliphatic rings. The van der Waals surface area contributed by atoms with E-state index in [4.69, 9.17) is 0 Å². The zero-order chi connectivity index (χ0) is 17.0. The first-order valence-electron chi connectivity index (χ1n) is 8.16. The zero-order valence-corrected chi connectivity index (χ0v) is 13.7. The molecule has 0 aromatic heterocycles. The second kappa shape index (κ2) is 5.05. The van der Waals surface area contributed by atoms with E-state index in [0.717, 1.165) is 16.3 Å². The van der Waals surface area contributed by atoms with Crippen molar-refractivity contribution in [1.82, 2.24) is 14.1 Å². The molecule has 0 fully saturated rings. The summed E-state index contributed by atoms with van der Waals surface area (Å²) in [5, 5.41) is 4.67. The first-order valence-corrected chi connectivity index (χ1v) is 8.16. The van der Waals surface area contributed by atoms with Crippen LogP contribution in [0.25, 0.3) is 38.6 Å². The summed E-state index contributed by atoms with van der Waals surface area (Å²) < 4.78 is 3.47. The fourth-order valence-corrected chi connectivity index (χ4v) is 3.34. The minimum atomic E-state index is -0.0873. The number of nitrogens with zero attached hydrogens (tertiary/aromatic N) is 3. The van der Waals surface area contributed by atoms with Gasteiger partial charge in [-0.2, -0.15) is 0 Å². The lowest BCUT2D eigenvalue weighted by Gasteiger charge is -2.04. The Labute approximate surface area is 143 Å². The quantitative estimate of drug-likeness (QED) is 0.437. The number of hydrogen-bond acceptors (Lipinski definition) is 2. The van der Waals surface area contributed by atoms with Crippen molar-refractivity contribution in [3.05, 3.63) is 83.5 Å². The van der Waals surface area contributed by atoms with Crippen LogP contribution in [0.4, 0.5) is 0 Å². The third kappa shape index (κ3) is 2.15. The number of aryl methyl sites for hydroxylation is 1. The Kier molecular flexibility index (Phi) is 2.82. The van der Waals surface area contributed by atoms with E-state index in [0.29, 0.717) is 11.5 Å². The molecule has 0 saturated heterocycles. The molecule has 3 aromatic carbocycles. The Morgan fingerprint density at radius 3 is 2.36 bits per heavy atom. The van der Waals surface area contributed by atoms with E-state index in [-0.39, 0.29) is 5.56 Å². The van der Waals surface area contributed by atoms with Gasteiger partial charge in [0.15, 0.2) is 5.82 Å². The van der Waals surface area contributed by atoms with E-state index in [1.807, 2.05) is 48.3 Å². The molecule has 0 unspecified atom stereocenters. The average Bonchev–Trinajstić information content (AvgIpc) is 2.95. The molecule has 0 saturated carbocycles. The van der Waals surface area contributed by atoms with Crippen LogP contribution in [0, 0.1) is 0 Å². The van der Waals surface area contributed by atoms with Crippen molar-refractivity contribution in [1.29, 1.82) is 0 Å². The highest BCUT2D eigenvalue weighted by Gasteiger charge is 2.15. The van der Waals surface area contributed by atoms with Crippen molar-refractivity contribution in [2.75, 3.05) is 0 Å². The first-order chi connectivity index (χ1) is 12.2. The van der Waals surface area contributed by atoms with Crippen molar-refractivity contribution in [3.8, 4) is 17.1 Å². The summed E-state index contributed by atoms with van der Waals surface area (Å²) in [4.78, 5) is 17.2. The van der Waals surface area contributed by atoms with Crippen LogP contribution >= 0.6 is 0 Å². The summed E-state index contributed by atoms with van der Waals surface area (Å²) in [7, 11) is 1.92. The van der Waals surface area contributed by atoms with Gasteiger partial charge in [-0.15, -0.1) is 0 Å². The lowest BCUT2D eigenvalue weighted by Crippen LogP contribution is -2.14. The summed E-state index contributed by atoms with van der Waals surface area (Å²) in [5.74, 6) is 0.656. The summed E-state index contributed by atoms with van der Waals surface area (Å²) in [6, 6.07) is 18.7. The molecular weight excluding hydrogens is 310 g/mol. The van der Waals surface area contributed by atoms with Crippen LogP contribution in [-0.2, 0) is 7.05 Å². The molecule has 2 aliphatic heterocycles. The lowest BCUT2D eigenvalue weighted by molar-refractivity contribution is 0.837. The zero-order valence-electron chi connectivity index (χ0n) is 13.7. The van der Waals surface area contributed by atoms with Gasteiger partial charge >= 0.3 is 0 Å². The van der Waals surface area contributed by atoms with E-state index in [9.17, 15) is 4.79 Å². The van der Waals surface area contributed by atoms with Gasteiger partial charge in [-0.1, -0.05) is 36.4 Å². The number of rotatable bonds is 1. The second-order valence-electron chi connectivity index (χ2n) is 6.35. The molecule has 4 heteroatoms. The number of aromatic nitrogens is 3. The molecule has 0 bridgehead atoms. The minimum Gasteiger partial charge on any atom is -0.352 e. The van der Waals surface area contributed by atoms with Gasteiger partial charge in [0, 0.05) is 31.2 Å². The van der Waals surface area contributed by atoms with Crippen LogP contribution in [0.15, 0.2) is 78.0 Å². The maximum Gasteiger partial charge on any atom is 0.282 e. The van der Waals surface area contributed by atoms with Crippen LogP contribution in [0.3, 0.4) is 0 Å². The van der Waals surface area contributed by atoms with Gasteiger partial charge in [0.25, 0.3) is 5.56 Å². The maximum absolute atomic E-state index is 12.7. The Morgan fingerprint density at radius 1 is 0.840 bits per heavy atom. The fraction of sp³-hybridized carbons (Fsp3) is 0.0476. The Balaban J connectivity index is 1.76.